The number of ketones is 1. The molecule has 0 N–H and O–H groups in total. The molecule has 194 valence electrons. The first kappa shape index (κ1) is 23.9. The lowest BCUT2D eigenvalue weighted by Gasteiger charge is -2.62. The lowest BCUT2D eigenvalue weighted by Crippen LogP contribution is -2.66. The molecule has 5 fully saturated rings. The Labute approximate surface area is 201 Å². The predicted molar refractivity (Wildman–Crippen MR) is 112 cm³/mol. The maximum absolute atomic E-state index is 13.4. The van der Waals surface area contributed by atoms with Gasteiger partial charge in [0.1, 0.15) is 18.3 Å². The molecule has 8 atom stereocenters. The highest BCUT2D eigenvalue weighted by Crippen LogP contribution is 2.72. The molecule has 4 aliphatic carbocycles. The summed E-state index contributed by atoms with van der Waals surface area (Å²) in [6.45, 7) is 4.33. The number of allylic oxidation sites excluding steroid dienone is 1. The third-order valence-corrected chi connectivity index (χ3v) is 10.4. The van der Waals surface area contributed by atoms with Gasteiger partial charge in [0.05, 0.1) is 0 Å². The van der Waals surface area contributed by atoms with Gasteiger partial charge in [-0.25, -0.2) is 4.79 Å². The van der Waals surface area contributed by atoms with Crippen LogP contribution in [-0.4, -0.2) is 55.6 Å². The van der Waals surface area contributed by atoms with Gasteiger partial charge in [0.15, 0.2) is 19.4 Å². The molecule has 35 heavy (non-hydrogen) atoms. The van der Waals surface area contributed by atoms with Crippen molar-refractivity contribution in [2.45, 2.75) is 82.5 Å². The van der Waals surface area contributed by atoms with Crippen LogP contribution >= 0.6 is 0 Å². The van der Waals surface area contributed by atoms with Gasteiger partial charge >= 0.3 is 12.1 Å². The summed E-state index contributed by atoms with van der Waals surface area (Å²) in [7, 11) is 0. The SMILES string of the molecule is C[C@]12CCC(=O)C=C1CC[C@H]1[C@H]2[C@H](OC(=O)C(F)(F)F)C[C@@]2(C)[C@@H]1CC[C@@]21OCO[C@]12COCO2. The van der Waals surface area contributed by atoms with E-state index >= 15 is 0 Å². The number of ether oxygens (including phenoxy) is 5. The standard InChI is InChI=1S/C25H31F3O7/c1-21-7-5-15(29)9-14(21)3-4-16-17-6-8-23(24(34-13-32-23)11-31-12-33-24)22(17,2)10-18(19(16)21)35-20(30)25(26,27)28/h9,16-19H,3-8,10-13H2,1-2H3/t16-,17-,18-,19+,21+,22+,23-,24-/m1/s1. The molecule has 0 aromatic heterocycles. The number of esters is 1. The Morgan fingerprint density at radius 2 is 1.86 bits per heavy atom. The van der Waals surface area contributed by atoms with Crippen LogP contribution in [0.25, 0.3) is 0 Å². The number of rotatable bonds is 1. The first-order chi connectivity index (χ1) is 16.5. The summed E-state index contributed by atoms with van der Waals surface area (Å²) in [5.74, 6) is -3.42. The van der Waals surface area contributed by atoms with Crippen LogP contribution in [0.5, 0.6) is 0 Å². The van der Waals surface area contributed by atoms with E-state index in [1.807, 2.05) is 13.8 Å². The summed E-state index contributed by atoms with van der Waals surface area (Å²) in [6.07, 6.45) is -0.423. The fourth-order valence-electron chi connectivity index (χ4n) is 8.94. The number of carbonyl (C=O) groups excluding carboxylic acids is 2. The lowest BCUT2D eigenvalue weighted by molar-refractivity contribution is -0.263. The smallest absolute Gasteiger partial charge is 0.455 e. The van der Waals surface area contributed by atoms with Crippen LogP contribution in [0.4, 0.5) is 13.2 Å². The fraction of sp³-hybridized carbons (Fsp3) is 0.840. The van der Waals surface area contributed by atoms with Crippen molar-refractivity contribution in [1.29, 1.82) is 0 Å². The summed E-state index contributed by atoms with van der Waals surface area (Å²) in [5, 5.41) is 0. The zero-order valence-electron chi connectivity index (χ0n) is 19.9. The Morgan fingerprint density at radius 3 is 2.57 bits per heavy atom. The molecule has 2 spiro atoms. The van der Waals surface area contributed by atoms with Crippen LogP contribution in [-0.2, 0) is 33.3 Å². The van der Waals surface area contributed by atoms with Crippen molar-refractivity contribution in [3.8, 4) is 0 Å². The van der Waals surface area contributed by atoms with Crippen molar-refractivity contribution in [2.75, 3.05) is 20.2 Å². The highest BCUT2D eigenvalue weighted by atomic mass is 19.4. The molecule has 0 bridgehead atoms. The molecule has 3 saturated carbocycles. The fourth-order valence-corrected chi connectivity index (χ4v) is 8.94. The third-order valence-electron chi connectivity index (χ3n) is 10.4. The van der Waals surface area contributed by atoms with Gasteiger partial charge in [-0.05, 0) is 61.9 Å². The minimum absolute atomic E-state index is 0.0121. The average Bonchev–Trinajstić information content (AvgIpc) is 3.48. The van der Waals surface area contributed by atoms with Gasteiger partial charge in [0, 0.05) is 17.8 Å². The van der Waals surface area contributed by atoms with Crippen LogP contribution in [0.1, 0.15) is 58.8 Å². The average molecular weight is 501 g/mol. The van der Waals surface area contributed by atoms with Crippen molar-refractivity contribution in [1.82, 2.24) is 0 Å². The minimum Gasteiger partial charge on any atom is -0.455 e. The molecular formula is C25H31F3O7. The van der Waals surface area contributed by atoms with Gasteiger partial charge in [-0.3, -0.25) is 4.79 Å². The molecule has 6 aliphatic rings. The molecule has 2 heterocycles. The first-order valence-electron chi connectivity index (χ1n) is 12.5. The van der Waals surface area contributed by atoms with Crippen molar-refractivity contribution in [3.63, 3.8) is 0 Å². The molecule has 2 aliphatic heterocycles. The Kier molecular flexibility index (Phi) is 5.13. The molecule has 10 heteroatoms. The molecule has 0 radical (unpaired) electrons. The quantitative estimate of drug-likeness (QED) is 0.503. The highest BCUT2D eigenvalue weighted by Gasteiger charge is 2.77. The normalized spacial score (nSPS) is 49.1. The van der Waals surface area contributed by atoms with Gasteiger partial charge in [0.25, 0.3) is 0 Å². The second kappa shape index (κ2) is 7.52. The predicted octanol–water partition coefficient (Wildman–Crippen LogP) is 4.05. The molecule has 2 saturated heterocycles. The van der Waals surface area contributed by atoms with E-state index in [0.717, 1.165) is 18.4 Å². The van der Waals surface area contributed by atoms with Crippen molar-refractivity contribution < 1.29 is 46.4 Å². The second-order valence-electron chi connectivity index (χ2n) is 11.6. The van der Waals surface area contributed by atoms with Gasteiger partial charge in [-0.15, -0.1) is 0 Å². The van der Waals surface area contributed by atoms with E-state index in [0.29, 0.717) is 25.7 Å². The number of halogens is 3. The number of hydrogen-bond donors (Lipinski definition) is 0. The zero-order valence-corrected chi connectivity index (χ0v) is 19.9. The summed E-state index contributed by atoms with van der Waals surface area (Å²) < 4.78 is 69.3. The molecule has 7 nitrogen and oxygen atoms in total. The van der Waals surface area contributed by atoms with Crippen LogP contribution in [0.3, 0.4) is 0 Å². The van der Waals surface area contributed by atoms with Crippen LogP contribution in [0.15, 0.2) is 11.6 Å². The van der Waals surface area contributed by atoms with E-state index in [1.165, 1.54) is 0 Å². The Morgan fingerprint density at radius 1 is 1.09 bits per heavy atom. The topological polar surface area (TPSA) is 80.3 Å². The molecule has 0 unspecified atom stereocenters. The van der Waals surface area contributed by atoms with E-state index in [2.05, 4.69) is 0 Å². The third kappa shape index (κ3) is 3.06. The maximum Gasteiger partial charge on any atom is 0.490 e. The van der Waals surface area contributed by atoms with Crippen LogP contribution < -0.4 is 0 Å². The number of fused-ring (bicyclic) bond motifs is 7. The zero-order chi connectivity index (χ0) is 24.9. The van der Waals surface area contributed by atoms with Gasteiger partial charge in [0.2, 0.25) is 5.79 Å². The van der Waals surface area contributed by atoms with Crippen LogP contribution in [0, 0.1) is 28.6 Å². The van der Waals surface area contributed by atoms with Crippen LogP contribution in [0.2, 0.25) is 0 Å². The minimum atomic E-state index is -5.09. The number of hydrogen-bond acceptors (Lipinski definition) is 7. The van der Waals surface area contributed by atoms with Gasteiger partial charge in [-0.1, -0.05) is 19.4 Å². The van der Waals surface area contributed by atoms with E-state index in [-0.39, 0.29) is 50.2 Å². The van der Waals surface area contributed by atoms with Crippen molar-refractivity contribution in [2.24, 2.45) is 28.6 Å². The summed E-state index contributed by atoms with van der Waals surface area (Å²) >= 11 is 0. The summed E-state index contributed by atoms with van der Waals surface area (Å²) in [5.41, 5.74) is -1.09. The first-order valence-corrected chi connectivity index (χ1v) is 12.5. The Hall–Kier alpha value is -1.49. The van der Waals surface area contributed by atoms with Crippen molar-refractivity contribution in [3.05, 3.63) is 11.6 Å². The van der Waals surface area contributed by atoms with Gasteiger partial charge < -0.3 is 23.7 Å². The Balaban J connectivity index is 1.44. The van der Waals surface area contributed by atoms with E-state index in [1.54, 1.807) is 6.08 Å². The van der Waals surface area contributed by atoms with Crippen molar-refractivity contribution >= 4 is 11.8 Å². The lowest BCUT2D eigenvalue weighted by atomic mass is 9.45. The summed E-state index contributed by atoms with van der Waals surface area (Å²) in [6, 6.07) is 0. The number of carbonyl (C=O) groups is 2. The monoisotopic (exact) mass is 500 g/mol. The van der Waals surface area contributed by atoms with E-state index in [9.17, 15) is 22.8 Å². The van der Waals surface area contributed by atoms with E-state index in [4.69, 9.17) is 23.7 Å². The maximum atomic E-state index is 13.4. The molecular weight excluding hydrogens is 469 g/mol. The van der Waals surface area contributed by atoms with E-state index < -0.39 is 40.5 Å². The molecule has 0 aromatic carbocycles. The summed E-state index contributed by atoms with van der Waals surface area (Å²) in [4.78, 5) is 24.4. The molecule has 0 aromatic rings. The molecule has 0 amide bonds. The highest BCUT2D eigenvalue weighted by molar-refractivity contribution is 5.91. The second-order valence-corrected chi connectivity index (χ2v) is 11.6. The largest absolute Gasteiger partial charge is 0.490 e. The number of alkyl halides is 3. The molecule has 6 rings (SSSR count). The van der Waals surface area contributed by atoms with Gasteiger partial charge in [-0.2, -0.15) is 13.2 Å². The Bertz CT molecular complexity index is 967.